The first kappa shape index (κ1) is 15.1. The van der Waals surface area contributed by atoms with Crippen LogP contribution in [0.4, 0.5) is 5.69 Å². The Balaban J connectivity index is 2.12. The van der Waals surface area contributed by atoms with Gasteiger partial charge in [-0.2, -0.15) is 0 Å². The van der Waals surface area contributed by atoms with Crippen LogP contribution in [0.3, 0.4) is 0 Å². The fraction of sp³-hybridized carbons (Fsp3) is 0.286. The molecule has 21 heavy (non-hydrogen) atoms. The maximum absolute atomic E-state index is 12.1. The number of rotatable bonds is 6. The number of nitrogens with two attached hydrogens (primary N) is 2. The molecule has 1 heterocycles. The van der Waals surface area contributed by atoms with Gasteiger partial charge in [-0.15, -0.1) is 11.3 Å². The lowest BCUT2D eigenvalue weighted by molar-refractivity contribution is -0.118. The van der Waals surface area contributed by atoms with Crippen LogP contribution in [0.15, 0.2) is 18.2 Å². The Morgan fingerprint density at radius 3 is 2.81 bits per heavy atom. The number of methoxy groups -OCH3 is 1. The van der Waals surface area contributed by atoms with Gasteiger partial charge in [-0.25, -0.2) is 0 Å². The second kappa shape index (κ2) is 6.45. The van der Waals surface area contributed by atoms with Crippen LogP contribution in [0.2, 0.25) is 0 Å². The summed E-state index contributed by atoms with van der Waals surface area (Å²) in [4.78, 5) is 23.2. The van der Waals surface area contributed by atoms with E-state index in [4.69, 9.17) is 16.2 Å². The topological polar surface area (TPSA) is 107 Å². The summed E-state index contributed by atoms with van der Waals surface area (Å²) in [5.41, 5.74) is 11.5. The Morgan fingerprint density at radius 2 is 2.14 bits per heavy atom. The quantitative estimate of drug-likeness (QED) is 0.703. The van der Waals surface area contributed by atoms with Gasteiger partial charge in [0, 0.05) is 23.1 Å². The zero-order valence-corrected chi connectivity index (χ0v) is 12.5. The largest absolute Gasteiger partial charge is 0.497 e. The molecule has 1 aromatic carbocycles. The van der Waals surface area contributed by atoms with E-state index < -0.39 is 0 Å². The van der Waals surface area contributed by atoms with Crippen LogP contribution in [-0.4, -0.2) is 25.5 Å². The van der Waals surface area contributed by atoms with Gasteiger partial charge in [0.25, 0.3) is 5.91 Å². The van der Waals surface area contributed by atoms with E-state index in [2.05, 4.69) is 5.32 Å². The van der Waals surface area contributed by atoms with Crippen molar-refractivity contribution in [2.75, 3.05) is 19.4 Å². The number of ether oxygens (including phenoxy) is 1. The maximum Gasteiger partial charge on any atom is 0.263 e. The molecule has 5 N–H and O–H groups in total. The van der Waals surface area contributed by atoms with Crippen LogP contribution in [0.25, 0.3) is 10.1 Å². The van der Waals surface area contributed by atoms with Gasteiger partial charge in [0.2, 0.25) is 5.91 Å². The molecule has 0 spiro atoms. The summed E-state index contributed by atoms with van der Waals surface area (Å²) >= 11 is 1.32. The number of benzene rings is 1. The molecule has 112 valence electrons. The number of nitrogen functional groups attached to an aromatic ring is 1. The lowest BCUT2D eigenvalue weighted by Crippen LogP contribution is -2.25. The molecule has 2 aromatic rings. The molecule has 0 unspecified atom stereocenters. The summed E-state index contributed by atoms with van der Waals surface area (Å²) < 4.78 is 6.05. The van der Waals surface area contributed by atoms with Gasteiger partial charge in [0.05, 0.1) is 12.8 Å². The fourth-order valence-corrected chi connectivity index (χ4v) is 3.01. The number of hydrogen-bond acceptors (Lipinski definition) is 5. The molecule has 0 bridgehead atoms. The predicted molar refractivity (Wildman–Crippen MR) is 83.6 cm³/mol. The predicted octanol–water partition coefficient (Wildman–Crippen LogP) is 1.49. The Bertz CT molecular complexity index is 681. The Morgan fingerprint density at radius 1 is 1.38 bits per heavy atom. The fourth-order valence-electron chi connectivity index (χ4n) is 1.94. The highest BCUT2D eigenvalue weighted by atomic mass is 32.1. The van der Waals surface area contributed by atoms with Crippen LogP contribution in [0, 0.1) is 0 Å². The van der Waals surface area contributed by atoms with E-state index in [-0.39, 0.29) is 18.2 Å². The van der Waals surface area contributed by atoms with Crippen molar-refractivity contribution < 1.29 is 14.3 Å². The second-order valence-electron chi connectivity index (χ2n) is 4.53. The van der Waals surface area contributed by atoms with Crippen LogP contribution in [0.1, 0.15) is 22.5 Å². The van der Waals surface area contributed by atoms with E-state index >= 15 is 0 Å². The van der Waals surface area contributed by atoms with Gasteiger partial charge in [-0.05, 0) is 24.6 Å². The summed E-state index contributed by atoms with van der Waals surface area (Å²) in [5.74, 6) is 0.104. The van der Waals surface area contributed by atoms with Crippen molar-refractivity contribution in [1.82, 2.24) is 5.32 Å². The number of hydrogen-bond donors (Lipinski definition) is 3. The maximum atomic E-state index is 12.1. The molecular formula is C14H17N3O3S. The molecule has 0 saturated carbocycles. The number of anilines is 1. The Labute approximate surface area is 126 Å². The first-order valence-electron chi connectivity index (χ1n) is 6.45. The van der Waals surface area contributed by atoms with E-state index in [0.717, 1.165) is 15.8 Å². The third kappa shape index (κ3) is 3.43. The normalized spacial score (nSPS) is 10.5. The first-order chi connectivity index (χ1) is 10.0. The molecule has 2 rings (SSSR count). The molecule has 0 radical (unpaired) electrons. The van der Waals surface area contributed by atoms with Crippen LogP contribution >= 0.6 is 11.3 Å². The molecule has 0 aliphatic heterocycles. The zero-order chi connectivity index (χ0) is 15.4. The SMILES string of the molecule is COc1ccc2c(N)c(C(=O)NCCCC(N)=O)sc2c1. The number of amides is 2. The highest BCUT2D eigenvalue weighted by Gasteiger charge is 2.16. The van der Waals surface area contributed by atoms with Gasteiger partial charge in [0.15, 0.2) is 0 Å². The zero-order valence-electron chi connectivity index (χ0n) is 11.6. The minimum absolute atomic E-state index is 0.239. The lowest BCUT2D eigenvalue weighted by atomic mass is 10.2. The minimum atomic E-state index is -0.377. The second-order valence-corrected chi connectivity index (χ2v) is 5.58. The van der Waals surface area contributed by atoms with Crippen molar-refractivity contribution in [3.8, 4) is 5.75 Å². The molecule has 0 atom stereocenters. The number of nitrogens with one attached hydrogen (secondary N) is 1. The Kier molecular flexibility index (Phi) is 4.64. The number of carbonyl (C=O) groups excluding carboxylic acids is 2. The van der Waals surface area contributed by atoms with Gasteiger partial charge in [0.1, 0.15) is 10.6 Å². The van der Waals surface area contributed by atoms with E-state index in [0.29, 0.717) is 23.5 Å². The van der Waals surface area contributed by atoms with Crippen molar-refractivity contribution in [2.24, 2.45) is 5.73 Å². The molecule has 0 aliphatic rings. The molecule has 7 heteroatoms. The van der Waals surface area contributed by atoms with E-state index in [1.54, 1.807) is 13.2 Å². The van der Waals surface area contributed by atoms with Crippen molar-refractivity contribution in [1.29, 1.82) is 0 Å². The average Bonchev–Trinajstić information content (AvgIpc) is 2.79. The number of fused-ring (bicyclic) bond motifs is 1. The average molecular weight is 307 g/mol. The van der Waals surface area contributed by atoms with Gasteiger partial charge in [-0.1, -0.05) is 0 Å². The van der Waals surface area contributed by atoms with Gasteiger partial charge in [-0.3, -0.25) is 9.59 Å². The minimum Gasteiger partial charge on any atom is -0.497 e. The van der Waals surface area contributed by atoms with Crippen molar-refractivity contribution in [2.45, 2.75) is 12.8 Å². The summed E-state index contributed by atoms with van der Waals surface area (Å²) in [6.07, 6.45) is 0.763. The highest BCUT2D eigenvalue weighted by molar-refractivity contribution is 7.21. The highest BCUT2D eigenvalue weighted by Crippen LogP contribution is 2.35. The number of thiophene rings is 1. The first-order valence-corrected chi connectivity index (χ1v) is 7.27. The lowest BCUT2D eigenvalue weighted by Gasteiger charge is -2.03. The molecular weight excluding hydrogens is 290 g/mol. The van der Waals surface area contributed by atoms with Crippen LogP contribution in [0.5, 0.6) is 5.75 Å². The summed E-state index contributed by atoms with van der Waals surface area (Å²) in [6, 6.07) is 5.49. The van der Waals surface area contributed by atoms with Gasteiger partial charge < -0.3 is 21.5 Å². The molecule has 6 nitrogen and oxygen atoms in total. The third-order valence-electron chi connectivity index (χ3n) is 3.03. The van der Waals surface area contributed by atoms with E-state index in [9.17, 15) is 9.59 Å². The van der Waals surface area contributed by atoms with Gasteiger partial charge >= 0.3 is 0 Å². The smallest absolute Gasteiger partial charge is 0.263 e. The number of carbonyl (C=O) groups is 2. The summed E-state index contributed by atoms with van der Waals surface area (Å²) in [5, 5.41) is 3.57. The van der Waals surface area contributed by atoms with Crippen molar-refractivity contribution >= 4 is 38.9 Å². The third-order valence-corrected chi connectivity index (χ3v) is 4.19. The molecule has 0 fully saturated rings. The van der Waals surface area contributed by atoms with Crippen LogP contribution < -0.4 is 21.5 Å². The van der Waals surface area contributed by atoms with E-state index in [1.807, 2.05) is 12.1 Å². The summed E-state index contributed by atoms with van der Waals surface area (Å²) in [6.45, 7) is 0.388. The summed E-state index contributed by atoms with van der Waals surface area (Å²) in [7, 11) is 1.59. The molecule has 0 aliphatic carbocycles. The standard InChI is InChI=1S/C14H17N3O3S/c1-20-8-4-5-9-10(7-8)21-13(12(9)16)14(19)17-6-2-3-11(15)18/h4-5,7H,2-3,6,16H2,1H3,(H2,15,18)(H,17,19). The Hall–Kier alpha value is -2.28. The molecule has 1 aromatic heterocycles. The van der Waals surface area contributed by atoms with Crippen molar-refractivity contribution in [3.05, 3.63) is 23.1 Å². The molecule has 0 saturated heterocycles. The number of primary amides is 1. The van der Waals surface area contributed by atoms with E-state index in [1.165, 1.54) is 11.3 Å². The van der Waals surface area contributed by atoms with Crippen LogP contribution in [-0.2, 0) is 4.79 Å². The molecule has 2 amide bonds. The monoisotopic (exact) mass is 307 g/mol. The van der Waals surface area contributed by atoms with Crippen molar-refractivity contribution in [3.63, 3.8) is 0 Å².